The molecule has 0 saturated carbocycles. The molecule has 3 rings (SSSR count). The molecule has 32 heavy (non-hydrogen) atoms. The number of carbonyl (C=O) groups excluding carboxylic acids is 3. The van der Waals surface area contributed by atoms with Crippen molar-refractivity contribution < 1.29 is 28.6 Å². The summed E-state index contributed by atoms with van der Waals surface area (Å²) in [7, 11) is 1.56. The number of methoxy groups -OCH3 is 1. The van der Waals surface area contributed by atoms with Gasteiger partial charge in [0.05, 0.1) is 19.3 Å². The van der Waals surface area contributed by atoms with E-state index >= 15 is 0 Å². The van der Waals surface area contributed by atoms with Gasteiger partial charge in [0, 0.05) is 17.1 Å². The van der Waals surface area contributed by atoms with Crippen LogP contribution in [0.25, 0.3) is 11.1 Å². The lowest BCUT2D eigenvalue weighted by Crippen LogP contribution is -2.22. The highest BCUT2D eigenvalue weighted by atomic mass is 35.5. The van der Waals surface area contributed by atoms with Gasteiger partial charge in [0.1, 0.15) is 21.5 Å². The van der Waals surface area contributed by atoms with Crippen molar-refractivity contribution in [2.24, 2.45) is 0 Å². The molecule has 0 radical (unpaired) electrons. The first-order valence-electron chi connectivity index (χ1n) is 9.45. The molecule has 3 aromatic rings. The van der Waals surface area contributed by atoms with Crippen LogP contribution in [0.15, 0.2) is 48.0 Å². The van der Waals surface area contributed by atoms with Crippen molar-refractivity contribution in [3.05, 3.63) is 64.3 Å². The minimum atomic E-state index is -0.783. The van der Waals surface area contributed by atoms with Crippen LogP contribution in [0.2, 0.25) is 5.15 Å². The van der Waals surface area contributed by atoms with Gasteiger partial charge in [0.2, 0.25) is 0 Å². The smallest absolute Gasteiger partial charge is 0.341 e. The Morgan fingerprint density at radius 1 is 1.09 bits per heavy atom. The molecule has 0 unspecified atom stereocenters. The van der Waals surface area contributed by atoms with Gasteiger partial charge < -0.3 is 19.5 Å². The molecule has 8 nitrogen and oxygen atoms in total. The van der Waals surface area contributed by atoms with Crippen LogP contribution in [0.4, 0.5) is 5.00 Å². The highest BCUT2D eigenvalue weighted by Gasteiger charge is 2.23. The first-order chi connectivity index (χ1) is 15.4. The number of carbonyl (C=O) groups is 3. The van der Waals surface area contributed by atoms with E-state index < -0.39 is 24.5 Å². The lowest BCUT2D eigenvalue weighted by atomic mass is 10.0. The number of benzene rings is 1. The lowest BCUT2D eigenvalue weighted by Gasteiger charge is -2.10. The van der Waals surface area contributed by atoms with Gasteiger partial charge in [0.25, 0.3) is 5.91 Å². The maximum atomic E-state index is 12.6. The minimum Gasteiger partial charge on any atom is -0.497 e. The summed E-state index contributed by atoms with van der Waals surface area (Å²) >= 11 is 7.02. The van der Waals surface area contributed by atoms with Crippen LogP contribution in [0, 0.1) is 0 Å². The normalized spacial score (nSPS) is 10.3. The molecule has 2 aromatic heterocycles. The van der Waals surface area contributed by atoms with E-state index in [1.54, 1.807) is 43.7 Å². The molecule has 1 N–H and O–H groups in total. The molecule has 1 aromatic carbocycles. The van der Waals surface area contributed by atoms with Crippen LogP contribution in [-0.4, -0.2) is 43.2 Å². The number of thiophene rings is 1. The van der Waals surface area contributed by atoms with Crippen LogP contribution < -0.4 is 10.1 Å². The van der Waals surface area contributed by atoms with Gasteiger partial charge in [-0.1, -0.05) is 23.7 Å². The minimum absolute atomic E-state index is 0.0232. The number of amides is 1. The summed E-state index contributed by atoms with van der Waals surface area (Å²) in [6, 6.07) is 10.1. The van der Waals surface area contributed by atoms with Gasteiger partial charge in [0.15, 0.2) is 6.61 Å². The van der Waals surface area contributed by atoms with Crippen LogP contribution >= 0.6 is 22.9 Å². The number of hydrogen-bond acceptors (Lipinski definition) is 8. The maximum absolute atomic E-state index is 12.6. The summed E-state index contributed by atoms with van der Waals surface area (Å²) in [5.41, 5.74) is 1.62. The van der Waals surface area contributed by atoms with Gasteiger partial charge in [-0.15, -0.1) is 11.3 Å². The average Bonchev–Trinajstić information content (AvgIpc) is 3.21. The zero-order valence-corrected chi connectivity index (χ0v) is 18.8. The van der Waals surface area contributed by atoms with E-state index in [1.807, 2.05) is 0 Å². The van der Waals surface area contributed by atoms with E-state index in [-0.39, 0.29) is 27.9 Å². The van der Waals surface area contributed by atoms with Crippen molar-refractivity contribution in [1.29, 1.82) is 0 Å². The Balaban J connectivity index is 1.77. The van der Waals surface area contributed by atoms with Gasteiger partial charge >= 0.3 is 11.9 Å². The fraction of sp³-hybridized carbons (Fsp3) is 0.182. The standard InChI is InChI=1S/C22H19ClN2O6S/c1-3-30-22(28)18-16(13-6-8-14(29-2)9-7-13)12-32-20(18)25-17(26)11-31-21(27)15-5-4-10-24-19(15)23/h4-10,12H,3,11H2,1-2H3,(H,25,26). The molecule has 1 amide bonds. The van der Waals surface area contributed by atoms with Crippen molar-refractivity contribution in [1.82, 2.24) is 4.98 Å². The number of halogens is 1. The number of nitrogens with one attached hydrogen (secondary N) is 1. The average molecular weight is 475 g/mol. The maximum Gasteiger partial charge on any atom is 0.341 e. The summed E-state index contributed by atoms with van der Waals surface area (Å²) in [5, 5.41) is 4.62. The molecular weight excluding hydrogens is 456 g/mol. The van der Waals surface area contributed by atoms with Crippen LogP contribution in [0.1, 0.15) is 27.6 Å². The second kappa shape index (κ2) is 10.7. The fourth-order valence-electron chi connectivity index (χ4n) is 2.75. The monoisotopic (exact) mass is 474 g/mol. The SMILES string of the molecule is CCOC(=O)c1c(-c2ccc(OC)cc2)csc1NC(=O)COC(=O)c1cccnc1Cl. The molecule has 166 valence electrons. The van der Waals surface area contributed by atoms with E-state index in [9.17, 15) is 14.4 Å². The Morgan fingerprint density at radius 2 is 1.84 bits per heavy atom. The highest BCUT2D eigenvalue weighted by Crippen LogP contribution is 2.36. The van der Waals surface area contributed by atoms with Gasteiger partial charge in [-0.25, -0.2) is 14.6 Å². The van der Waals surface area contributed by atoms with Crippen LogP contribution in [-0.2, 0) is 14.3 Å². The van der Waals surface area contributed by atoms with E-state index in [0.29, 0.717) is 11.3 Å². The number of nitrogens with zero attached hydrogens (tertiary/aromatic N) is 1. The number of esters is 2. The third-order valence-electron chi connectivity index (χ3n) is 4.24. The molecule has 0 atom stereocenters. The molecule has 0 spiro atoms. The summed E-state index contributed by atoms with van der Waals surface area (Å²) < 4.78 is 15.3. The first-order valence-corrected chi connectivity index (χ1v) is 10.7. The predicted molar refractivity (Wildman–Crippen MR) is 120 cm³/mol. The first kappa shape index (κ1) is 23.2. The van der Waals surface area contributed by atoms with E-state index in [4.69, 9.17) is 25.8 Å². The second-order valence-electron chi connectivity index (χ2n) is 6.27. The van der Waals surface area contributed by atoms with Crippen LogP contribution in [0.3, 0.4) is 0 Å². The predicted octanol–water partition coefficient (Wildman–Crippen LogP) is 4.44. The summed E-state index contributed by atoms with van der Waals surface area (Å²) in [4.78, 5) is 40.9. The molecule has 0 bridgehead atoms. The molecule has 0 fully saturated rings. The fourth-order valence-corrected chi connectivity index (χ4v) is 3.92. The number of hydrogen-bond donors (Lipinski definition) is 1. The van der Waals surface area contributed by atoms with E-state index in [2.05, 4.69) is 10.3 Å². The summed E-state index contributed by atoms with van der Waals surface area (Å²) in [6.45, 7) is 1.30. The molecule has 0 aliphatic carbocycles. The second-order valence-corrected chi connectivity index (χ2v) is 7.51. The Morgan fingerprint density at radius 3 is 2.50 bits per heavy atom. The number of rotatable bonds is 8. The Hall–Kier alpha value is -3.43. The van der Waals surface area contributed by atoms with Crippen LogP contribution in [0.5, 0.6) is 5.75 Å². The van der Waals surface area contributed by atoms with Crippen molar-refractivity contribution in [2.45, 2.75) is 6.92 Å². The molecule has 10 heteroatoms. The van der Waals surface area contributed by atoms with Crippen molar-refractivity contribution in [3.63, 3.8) is 0 Å². The zero-order valence-electron chi connectivity index (χ0n) is 17.2. The Labute approximate surface area is 193 Å². The van der Waals surface area contributed by atoms with E-state index in [0.717, 1.165) is 16.9 Å². The van der Waals surface area contributed by atoms with E-state index in [1.165, 1.54) is 18.3 Å². The molecule has 0 aliphatic rings. The van der Waals surface area contributed by atoms with Crippen molar-refractivity contribution in [3.8, 4) is 16.9 Å². The molecule has 2 heterocycles. The van der Waals surface area contributed by atoms with Crippen molar-refractivity contribution in [2.75, 3.05) is 25.6 Å². The molecule has 0 aliphatic heterocycles. The third kappa shape index (κ3) is 5.43. The lowest BCUT2D eigenvalue weighted by molar-refractivity contribution is -0.119. The quantitative estimate of drug-likeness (QED) is 0.380. The zero-order chi connectivity index (χ0) is 23.1. The number of ether oxygens (including phenoxy) is 3. The Bertz CT molecular complexity index is 1130. The van der Waals surface area contributed by atoms with Crippen molar-refractivity contribution >= 4 is 45.8 Å². The molecule has 0 saturated heterocycles. The van der Waals surface area contributed by atoms with Gasteiger partial charge in [-0.3, -0.25) is 4.79 Å². The van der Waals surface area contributed by atoms with Gasteiger partial charge in [-0.05, 0) is 36.8 Å². The largest absolute Gasteiger partial charge is 0.497 e. The Kier molecular flexibility index (Phi) is 7.80. The molecular formula is C22H19ClN2O6S. The number of anilines is 1. The number of aromatic nitrogens is 1. The van der Waals surface area contributed by atoms with Gasteiger partial charge in [-0.2, -0.15) is 0 Å². The topological polar surface area (TPSA) is 104 Å². The summed E-state index contributed by atoms with van der Waals surface area (Å²) in [5.74, 6) is -1.30. The number of pyridine rings is 1. The summed E-state index contributed by atoms with van der Waals surface area (Å²) in [6.07, 6.45) is 1.43. The highest BCUT2D eigenvalue weighted by molar-refractivity contribution is 7.15. The third-order valence-corrected chi connectivity index (χ3v) is 5.43.